The third-order valence-corrected chi connectivity index (χ3v) is 4.80. The van der Waals surface area contributed by atoms with E-state index in [-0.39, 0.29) is 19.1 Å². The molecule has 0 bridgehead atoms. The van der Waals surface area contributed by atoms with Crippen LogP contribution in [0.5, 0.6) is 11.5 Å². The number of esters is 1. The molecule has 3 amide bonds. The minimum Gasteiger partial charge on any atom is -0.490 e. The average molecular weight is 453 g/mol. The van der Waals surface area contributed by atoms with Crippen molar-refractivity contribution in [3.63, 3.8) is 0 Å². The number of hydrogen-bond acceptors (Lipinski definition) is 6. The molecule has 33 heavy (non-hydrogen) atoms. The van der Waals surface area contributed by atoms with Crippen molar-refractivity contribution in [3.05, 3.63) is 65.4 Å². The molecule has 3 N–H and O–H groups in total. The van der Waals surface area contributed by atoms with Gasteiger partial charge in [-0.1, -0.05) is 24.3 Å². The fourth-order valence-corrected chi connectivity index (χ4v) is 3.40. The van der Waals surface area contributed by atoms with Crippen molar-refractivity contribution in [2.24, 2.45) is 0 Å². The van der Waals surface area contributed by atoms with Crippen LogP contribution in [0.3, 0.4) is 0 Å². The predicted molar refractivity (Wildman–Crippen MR) is 122 cm³/mol. The van der Waals surface area contributed by atoms with Gasteiger partial charge in [0.1, 0.15) is 0 Å². The topological polar surface area (TPSA) is 115 Å². The first-order valence-electron chi connectivity index (χ1n) is 10.6. The maximum atomic E-state index is 13.1. The van der Waals surface area contributed by atoms with Crippen LogP contribution in [0.2, 0.25) is 0 Å². The minimum atomic E-state index is -0.722. The van der Waals surface area contributed by atoms with Gasteiger partial charge in [-0.2, -0.15) is 0 Å². The minimum absolute atomic E-state index is 0.258. The van der Waals surface area contributed by atoms with Crippen molar-refractivity contribution in [3.8, 4) is 11.5 Å². The summed E-state index contributed by atoms with van der Waals surface area (Å²) in [6.45, 7) is 5.55. The summed E-state index contributed by atoms with van der Waals surface area (Å²) < 4.78 is 16.1. The van der Waals surface area contributed by atoms with Crippen LogP contribution in [-0.4, -0.2) is 37.7 Å². The highest BCUT2D eigenvalue weighted by atomic mass is 16.6. The Morgan fingerprint density at radius 1 is 1.00 bits per heavy atom. The number of benzene rings is 2. The Balaban J connectivity index is 1.90. The fraction of sp³-hybridized carbons (Fsp3) is 0.292. The van der Waals surface area contributed by atoms with Gasteiger partial charge in [-0.05, 0) is 50.6 Å². The zero-order chi connectivity index (χ0) is 23.8. The number of nitrogens with one attached hydrogen (secondary N) is 3. The van der Waals surface area contributed by atoms with E-state index in [1.165, 1.54) is 0 Å². The van der Waals surface area contributed by atoms with E-state index in [2.05, 4.69) is 16.0 Å². The first kappa shape index (κ1) is 23.6. The van der Waals surface area contributed by atoms with Crippen LogP contribution in [-0.2, 0) is 14.3 Å². The zero-order valence-corrected chi connectivity index (χ0v) is 18.8. The molecule has 0 saturated heterocycles. The van der Waals surface area contributed by atoms with Crippen LogP contribution in [0.15, 0.2) is 59.8 Å². The highest BCUT2D eigenvalue weighted by Crippen LogP contribution is 2.35. The van der Waals surface area contributed by atoms with Crippen LogP contribution >= 0.6 is 0 Å². The number of urea groups is 1. The number of ether oxygens (including phenoxy) is 3. The number of anilines is 1. The number of carbonyl (C=O) groups is 3. The van der Waals surface area contributed by atoms with Crippen LogP contribution in [0.4, 0.5) is 10.5 Å². The number of allylic oxidation sites excluding steroid dienone is 1. The van der Waals surface area contributed by atoms with Gasteiger partial charge in [0.05, 0.1) is 24.8 Å². The van der Waals surface area contributed by atoms with E-state index in [1.54, 1.807) is 44.2 Å². The summed E-state index contributed by atoms with van der Waals surface area (Å²) >= 11 is 0. The summed E-state index contributed by atoms with van der Waals surface area (Å²) in [5.41, 5.74) is 2.06. The van der Waals surface area contributed by atoms with Crippen LogP contribution in [0, 0.1) is 0 Å². The second-order valence-electron chi connectivity index (χ2n) is 7.12. The van der Waals surface area contributed by atoms with Gasteiger partial charge in [0.15, 0.2) is 18.1 Å². The molecule has 0 unspecified atom stereocenters. The Kier molecular flexibility index (Phi) is 7.91. The lowest BCUT2D eigenvalue weighted by atomic mass is 9.94. The van der Waals surface area contributed by atoms with E-state index in [1.807, 2.05) is 25.1 Å². The Labute approximate surface area is 192 Å². The number of hydrogen-bond donors (Lipinski definition) is 3. The molecule has 0 fully saturated rings. The van der Waals surface area contributed by atoms with Crippen LogP contribution in [0.1, 0.15) is 32.4 Å². The maximum Gasteiger partial charge on any atom is 0.344 e. The molecule has 0 saturated carbocycles. The third kappa shape index (κ3) is 6.03. The molecule has 1 atom stereocenters. The average Bonchev–Trinajstić information content (AvgIpc) is 2.78. The summed E-state index contributed by atoms with van der Waals surface area (Å²) in [6.07, 6.45) is 0. The van der Waals surface area contributed by atoms with Gasteiger partial charge in [-0.15, -0.1) is 0 Å². The van der Waals surface area contributed by atoms with Gasteiger partial charge < -0.3 is 30.2 Å². The molecule has 9 heteroatoms. The van der Waals surface area contributed by atoms with Gasteiger partial charge in [-0.25, -0.2) is 9.59 Å². The largest absolute Gasteiger partial charge is 0.490 e. The molecule has 0 radical (unpaired) electrons. The standard InChI is InChI=1S/C24H27N3O6/c1-4-31-19-13-16(11-12-18(19)33-14-20(28)32-5-2)22-21(15(3)25-24(30)27-22)23(29)26-17-9-7-6-8-10-17/h6-13,22H,4-5,14H2,1-3H3,(H,26,29)(H2,25,27,30)/t22-/m0/s1. The molecular weight excluding hydrogens is 426 g/mol. The predicted octanol–water partition coefficient (Wildman–Crippen LogP) is 3.29. The molecule has 174 valence electrons. The number of carbonyl (C=O) groups excluding carboxylic acids is 3. The molecule has 0 spiro atoms. The lowest BCUT2D eigenvalue weighted by molar-refractivity contribution is -0.145. The third-order valence-electron chi connectivity index (χ3n) is 4.80. The molecule has 0 aromatic heterocycles. The zero-order valence-electron chi connectivity index (χ0n) is 18.8. The second kappa shape index (κ2) is 11.0. The molecular formula is C24H27N3O6. The van der Waals surface area contributed by atoms with Crippen molar-refractivity contribution in [1.29, 1.82) is 0 Å². The van der Waals surface area contributed by atoms with Crippen molar-refractivity contribution in [1.82, 2.24) is 10.6 Å². The molecule has 9 nitrogen and oxygen atoms in total. The van der Waals surface area contributed by atoms with E-state index < -0.39 is 18.0 Å². The molecule has 3 rings (SSSR count). The van der Waals surface area contributed by atoms with E-state index in [4.69, 9.17) is 14.2 Å². The van der Waals surface area contributed by atoms with Crippen LogP contribution < -0.4 is 25.4 Å². The lowest BCUT2D eigenvalue weighted by Gasteiger charge is -2.29. The van der Waals surface area contributed by atoms with E-state index in [9.17, 15) is 14.4 Å². The van der Waals surface area contributed by atoms with Crippen molar-refractivity contribution >= 4 is 23.6 Å². The second-order valence-corrected chi connectivity index (χ2v) is 7.12. The maximum absolute atomic E-state index is 13.1. The Morgan fingerprint density at radius 3 is 2.45 bits per heavy atom. The van der Waals surface area contributed by atoms with Gasteiger partial charge in [-0.3, -0.25) is 4.79 Å². The van der Waals surface area contributed by atoms with E-state index >= 15 is 0 Å². The molecule has 0 aliphatic carbocycles. The number of amides is 3. The Hall–Kier alpha value is -4.01. The number of para-hydroxylation sites is 1. The molecule has 2 aromatic carbocycles. The molecule has 1 aliphatic rings. The molecule has 1 heterocycles. The summed E-state index contributed by atoms with van der Waals surface area (Å²) in [5, 5.41) is 8.31. The van der Waals surface area contributed by atoms with Crippen molar-refractivity contribution in [2.75, 3.05) is 25.1 Å². The Bertz CT molecular complexity index is 1050. The fourth-order valence-electron chi connectivity index (χ4n) is 3.40. The quantitative estimate of drug-likeness (QED) is 0.502. The van der Waals surface area contributed by atoms with Crippen LogP contribution in [0.25, 0.3) is 0 Å². The van der Waals surface area contributed by atoms with Gasteiger partial charge in [0.25, 0.3) is 5.91 Å². The smallest absolute Gasteiger partial charge is 0.344 e. The highest BCUT2D eigenvalue weighted by Gasteiger charge is 2.32. The summed E-state index contributed by atoms with van der Waals surface area (Å²) in [5.74, 6) is -0.109. The highest BCUT2D eigenvalue weighted by molar-refractivity contribution is 6.06. The normalized spacial score (nSPS) is 15.2. The van der Waals surface area contributed by atoms with E-state index in [0.29, 0.717) is 40.6 Å². The summed E-state index contributed by atoms with van der Waals surface area (Å²) in [7, 11) is 0. The summed E-state index contributed by atoms with van der Waals surface area (Å²) in [6, 6.07) is 12.9. The van der Waals surface area contributed by atoms with Crippen molar-refractivity contribution in [2.45, 2.75) is 26.8 Å². The molecule has 2 aromatic rings. The van der Waals surface area contributed by atoms with E-state index in [0.717, 1.165) is 0 Å². The first-order chi connectivity index (χ1) is 15.9. The Morgan fingerprint density at radius 2 is 1.76 bits per heavy atom. The first-order valence-corrected chi connectivity index (χ1v) is 10.6. The monoisotopic (exact) mass is 453 g/mol. The SMILES string of the molecule is CCOC(=O)COc1ccc([C@@H]2NC(=O)NC(C)=C2C(=O)Nc2ccccc2)cc1OCC. The van der Waals surface area contributed by atoms with Crippen molar-refractivity contribution < 1.29 is 28.6 Å². The van der Waals surface area contributed by atoms with Gasteiger partial charge >= 0.3 is 12.0 Å². The number of rotatable bonds is 9. The molecule has 1 aliphatic heterocycles. The van der Waals surface area contributed by atoms with Gasteiger partial charge in [0, 0.05) is 11.4 Å². The summed E-state index contributed by atoms with van der Waals surface area (Å²) in [4.78, 5) is 37.0. The lowest BCUT2D eigenvalue weighted by Crippen LogP contribution is -2.46. The van der Waals surface area contributed by atoms with Gasteiger partial charge in [0.2, 0.25) is 0 Å².